The van der Waals surface area contributed by atoms with Crippen LogP contribution < -0.4 is 25.8 Å². The molecule has 0 spiro atoms. The summed E-state index contributed by atoms with van der Waals surface area (Å²) in [5.74, 6) is 1.06. The molecular formula is C30H27ClN8O3. The van der Waals surface area contributed by atoms with Crippen LogP contribution in [-0.2, 0) is 17.9 Å². The number of nitrogens with one attached hydrogen (secondary N) is 3. The first-order valence-corrected chi connectivity index (χ1v) is 13.6. The van der Waals surface area contributed by atoms with Crippen LogP contribution in [0.25, 0.3) is 33.0 Å². The van der Waals surface area contributed by atoms with E-state index >= 15 is 0 Å². The maximum absolute atomic E-state index is 12.7. The number of fused-ring (bicyclic) bond motifs is 3. The van der Waals surface area contributed by atoms with E-state index in [-0.39, 0.29) is 24.9 Å². The first kappa shape index (κ1) is 27.0. The second-order valence-electron chi connectivity index (χ2n) is 9.58. The van der Waals surface area contributed by atoms with E-state index in [1.54, 1.807) is 7.11 Å². The molecule has 0 aliphatic carbocycles. The number of nitrogen functional groups attached to an aromatic ring is 1. The lowest BCUT2D eigenvalue weighted by atomic mass is 10.1. The van der Waals surface area contributed by atoms with Crippen LogP contribution >= 0.6 is 11.6 Å². The van der Waals surface area contributed by atoms with E-state index in [0.29, 0.717) is 35.2 Å². The SMILES string of the molecule is COc1ccc2nc3cc(Cl)ccc3c(NCCC(=O)NCc3cccc(COc4nc(N)nc5nc[nH]c45)c3)c2c1. The van der Waals surface area contributed by atoms with Gasteiger partial charge in [0.05, 0.1) is 30.2 Å². The van der Waals surface area contributed by atoms with Gasteiger partial charge in [-0.15, -0.1) is 0 Å². The van der Waals surface area contributed by atoms with Gasteiger partial charge in [-0.2, -0.15) is 9.97 Å². The Labute approximate surface area is 245 Å². The van der Waals surface area contributed by atoms with Crippen molar-refractivity contribution in [2.75, 3.05) is 24.7 Å². The van der Waals surface area contributed by atoms with Gasteiger partial charge in [-0.25, -0.2) is 9.97 Å². The monoisotopic (exact) mass is 582 g/mol. The molecule has 0 fully saturated rings. The van der Waals surface area contributed by atoms with E-state index in [1.165, 1.54) is 6.33 Å². The third kappa shape index (κ3) is 5.81. The van der Waals surface area contributed by atoms with Crippen molar-refractivity contribution in [3.63, 3.8) is 0 Å². The standard InChI is InChI=1S/C30H27ClN8O3/c1-41-20-6-8-23-22(13-20)26(21-7-5-19(31)12-24(21)37-23)33-10-9-25(40)34-14-17-3-2-4-18(11-17)15-42-29-27-28(36-16-35-27)38-30(32)39-29/h2-8,11-13,16H,9-10,14-15H2,1H3,(H,33,37)(H,34,40)(H3,32,35,36,38,39). The van der Waals surface area contributed by atoms with Crippen LogP contribution in [0.2, 0.25) is 5.02 Å². The van der Waals surface area contributed by atoms with Gasteiger partial charge in [-0.05, 0) is 47.5 Å². The number of methoxy groups -OCH3 is 1. The second-order valence-corrected chi connectivity index (χ2v) is 10.0. The van der Waals surface area contributed by atoms with Gasteiger partial charge in [0.25, 0.3) is 0 Å². The number of aromatic nitrogens is 5. The molecule has 3 heterocycles. The van der Waals surface area contributed by atoms with Gasteiger partial charge in [-0.1, -0.05) is 35.9 Å². The molecule has 11 nitrogen and oxygen atoms in total. The molecule has 0 bridgehead atoms. The van der Waals surface area contributed by atoms with Crippen LogP contribution in [-0.4, -0.2) is 44.5 Å². The number of aromatic amines is 1. The lowest BCUT2D eigenvalue weighted by molar-refractivity contribution is -0.121. The number of rotatable bonds is 10. The maximum Gasteiger partial charge on any atom is 0.245 e. The average molecular weight is 583 g/mol. The Morgan fingerprint density at radius 1 is 1.00 bits per heavy atom. The van der Waals surface area contributed by atoms with Gasteiger partial charge in [0, 0.05) is 35.3 Å². The third-order valence-electron chi connectivity index (χ3n) is 6.72. The molecule has 0 radical (unpaired) electrons. The minimum atomic E-state index is -0.0782. The van der Waals surface area contributed by atoms with E-state index in [1.807, 2.05) is 60.7 Å². The van der Waals surface area contributed by atoms with Crippen molar-refractivity contribution in [3.05, 3.63) is 83.1 Å². The quantitative estimate of drug-likeness (QED) is 0.163. The normalized spacial score (nSPS) is 11.2. The smallest absolute Gasteiger partial charge is 0.245 e. The van der Waals surface area contributed by atoms with Crippen molar-refractivity contribution in [2.45, 2.75) is 19.6 Å². The zero-order valence-corrected chi connectivity index (χ0v) is 23.4. The molecule has 0 unspecified atom stereocenters. The van der Waals surface area contributed by atoms with Crippen LogP contribution in [0, 0.1) is 0 Å². The van der Waals surface area contributed by atoms with E-state index < -0.39 is 0 Å². The van der Waals surface area contributed by atoms with Gasteiger partial charge in [0.2, 0.25) is 17.7 Å². The molecular weight excluding hydrogens is 556 g/mol. The summed E-state index contributed by atoms with van der Waals surface area (Å²) in [4.78, 5) is 32.8. The minimum absolute atomic E-state index is 0.0782. The predicted molar refractivity (Wildman–Crippen MR) is 163 cm³/mol. The molecule has 0 saturated carbocycles. The molecule has 12 heteroatoms. The number of ether oxygens (including phenoxy) is 2. The molecule has 42 heavy (non-hydrogen) atoms. The molecule has 3 aromatic carbocycles. The lowest BCUT2D eigenvalue weighted by Gasteiger charge is -2.14. The Balaban J connectivity index is 1.07. The number of H-pyrrole nitrogens is 1. The van der Waals surface area contributed by atoms with Gasteiger partial charge in [0.1, 0.15) is 17.9 Å². The number of hydrogen-bond donors (Lipinski definition) is 4. The molecule has 6 aromatic rings. The molecule has 212 valence electrons. The summed E-state index contributed by atoms with van der Waals surface area (Å²) in [6, 6.07) is 19.1. The molecule has 0 atom stereocenters. The fourth-order valence-corrected chi connectivity index (χ4v) is 4.88. The highest BCUT2D eigenvalue weighted by atomic mass is 35.5. The zero-order chi connectivity index (χ0) is 29.1. The van der Waals surface area contributed by atoms with Gasteiger partial charge in [0.15, 0.2) is 5.65 Å². The Hall–Kier alpha value is -5.16. The summed E-state index contributed by atoms with van der Waals surface area (Å²) < 4.78 is 11.3. The fraction of sp³-hybridized carbons (Fsp3) is 0.167. The third-order valence-corrected chi connectivity index (χ3v) is 6.96. The number of pyridine rings is 1. The highest BCUT2D eigenvalue weighted by Gasteiger charge is 2.13. The van der Waals surface area contributed by atoms with Crippen LogP contribution in [0.4, 0.5) is 11.6 Å². The van der Waals surface area contributed by atoms with Crippen molar-refractivity contribution in [1.82, 2.24) is 30.2 Å². The minimum Gasteiger partial charge on any atom is -0.497 e. The predicted octanol–water partition coefficient (Wildman–Crippen LogP) is 5.00. The first-order valence-electron chi connectivity index (χ1n) is 13.2. The van der Waals surface area contributed by atoms with E-state index in [4.69, 9.17) is 31.8 Å². The Bertz CT molecular complexity index is 1930. The Morgan fingerprint density at radius 2 is 1.88 bits per heavy atom. The van der Waals surface area contributed by atoms with Crippen molar-refractivity contribution in [1.29, 1.82) is 0 Å². The highest BCUT2D eigenvalue weighted by molar-refractivity contribution is 6.31. The van der Waals surface area contributed by atoms with Crippen molar-refractivity contribution in [2.24, 2.45) is 0 Å². The number of halogens is 1. The molecule has 0 aliphatic heterocycles. The number of carbonyl (C=O) groups excluding carboxylic acids is 1. The summed E-state index contributed by atoms with van der Waals surface area (Å²) in [5.41, 5.74) is 11.1. The number of amides is 1. The first-order chi connectivity index (χ1) is 20.5. The number of carbonyl (C=O) groups is 1. The summed E-state index contributed by atoms with van der Waals surface area (Å²) in [6.45, 7) is 1.08. The van der Waals surface area contributed by atoms with Crippen LogP contribution in [0.3, 0.4) is 0 Å². The largest absolute Gasteiger partial charge is 0.497 e. The van der Waals surface area contributed by atoms with Crippen molar-refractivity contribution < 1.29 is 14.3 Å². The Morgan fingerprint density at radius 3 is 2.76 bits per heavy atom. The fourth-order valence-electron chi connectivity index (χ4n) is 4.71. The van der Waals surface area contributed by atoms with E-state index in [2.05, 4.69) is 30.6 Å². The van der Waals surface area contributed by atoms with Crippen LogP contribution in [0.5, 0.6) is 11.6 Å². The average Bonchev–Trinajstić information content (AvgIpc) is 3.47. The summed E-state index contributed by atoms with van der Waals surface area (Å²) in [5, 5.41) is 8.87. The lowest BCUT2D eigenvalue weighted by Crippen LogP contribution is -2.25. The van der Waals surface area contributed by atoms with Crippen molar-refractivity contribution >= 4 is 62.1 Å². The molecule has 3 aromatic heterocycles. The summed E-state index contributed by atoms with van der Waals surface area (Å²) >= 11 is 6.23. The highest BCUT2D eigenvalue weighted by Crippen LogP contribution is 2.34. The summed E-state index contributed by atoms with van der Waals surface area (Å²) in [7, 11) is 1.63. The topological polar surface area (TPSA) is 153 Å². The van der Waals surface area contributed by atoms with Gasteiger partial charge in [-0.3, -0.25) is 4.79 Å². The maximum atomic E-state index is 12.7. The number of anilines is 2. The van der Waals surface area contributed by atoms with E-state index in [9.17, 15) is 4.79 Å². The number of nitrogens with zero attached hydrogens (tertiary/aromatic N) is 4. The number of imidazole rings is 1. The molecule has 6 rings (SSSR count). The summed E-state index contributed by atoms with van der Waals surface area (Å²) in [6.07, 6.45) is 1.79. The number of benzene rings is 3. The number of nitrogens with two attached hydrogens (primary N) is 1. The van der Waals surface area contributed by atoms with Crippen molar-refractivity contribution in [3.8, 4) is 11.6 Å². The molecule has 5 N–H and O–H groups in total. The molecule has 1 amide bonds. The second kappa shape index (κ2) is 11.8. The Kier molecular flexibility index (Phi) is 7.56. The van der Waals surface area contributed by atoms with Gasteiger partial charge < -0.3 is 30.8 Å². The molecule has 0 aliphatic rings. The van der Waals surface area contributed by atoms with E-state index in [0.717, 1.165) is 44.4 Å². The van der Waals surface area contributed by atoms with Crippen LogP contribution in [0.15, 0.2) is 67.0 Å². The molecule has 0 saturated heterocycles. The van der Waals surface area contributed by atoms with Crippen LogP contribution in [0.1, 0.15) is 17.5 Å². The zero-order valence-electron chi connectivity index (χ0n) is 22.6. The number of hydrogen-bond acceptors (Lipinski definition) is 9. The van der Waals surface area contributed by atoms with Gasteiger partial charge >= 0.3 is 0 Å².